The SMILES string of the molecule is NCCOc1ccc(Cl)cc1C(=O)NCc1coc(-c2ccccc2)n1. The van der Waals surface area contributed by atoms with Gasteiger partial charge in [-0.3, -0.25) is 4.79 Å². The maximum atomic E-state index is 12.5. The monoisotopic (exact) mass is 371 g/mol. The molecule has 0 radical (unpaired) electrons. The molecule has 0 atom stereocenters. The van der Waals surface area contributed by atoms with Gasteiger partial charge in [-0.1, -0.05) is 29.8 Å². The fraction of sp³-hybridized carbons (Fsp3) is 0.158. The van der Waals surface area contributed by atoms with Gasteiger partial charge in [-0.25, -0.2) is 4.98 Å². The molecule has 2 aromatic carbocycles. The molecule has 1 amide bonds. The molecule has 0 aliphatic carbocycles. The van der Waals surface area contributed by atoms with Crippen molar-refractivity contribution in [2.45, 2.75) is 6.54 Å². The molecule has 0 fully saturated rings. The Balaban J connectivity index is 1.68. The number of halogens is 1. The molecule has 134 valence electrons. The van der Waals surface area contributed by atoms with Crippen LogP contribution >= 0.6 is 11.6 Å². The van der Waals surface area contributed by atoms with Crippen LogP contribution in [0.4, 0.5) is 0 Å². The van der Waals surface area contributed by atoms with Gasteiger partial charge in [-0.15, -0.1) is 0 Å². The molecule has 0 saturated carbocycles. The average molecular weight is 372 g/mol. The van der Waals surface area contributed by atoms with Gasteiger partial charge in [-0.2, -0.15) is 0 Å². The number of ether oxygens (including phenoxy) is 1. The minimum absolute atomic E-state index is 0.220. The van der Waals surface area contributed by atoms with E-state index in [1.165, 1.54) is 6.26 Å². The van der Waals surface area contributed by atoms with Crippen molar-refractivity contribution in [2.75, 3.05) is 13.2 Å². The highest BCUT2D eigenvalue weighted by Crippen LogP contribution is 2.23. The number of benzene rings is 2. The van der Waals surface area contributed by atoms with E-state index in [9.17, 15) is 4.79 Å². The number of oxazole rings is 1. The van der Waals surface area contributed by atoms with Crippen molar-refractivity contribution in [3.8, 4) is 17.2 Å². The Morgan fingerprint density at radius 2 is 2.04 bits per heavy atom. The molecule has 0 saturated heterocycles. The second-order valence-corrected chi connectivity index (χ2v) is 5.91. The third kappa shape index (κ3) is 4.41. The number of hydrogen-bond acceptors (Lipinski definition) is 5. The van der Waals surface area contributed by atoms with Gasteiger partial charge < -0.3 is 20.2 Å². The Labute approximate surface area is 155 Å². The topological polar surface area (TPSA) is 90.4 Å². The minimum Gasteiger partial charge on any atom is -0.491 e. The van der Waals surface area contributed by atoms with Crippen molar-refractivity contribution >= 4 is 17.5 Å². The smallest absolute Gasteiger partial charge is 0.255 e. The highest BCUT2D eigenvalue weighted by Gasteiger charge is 2.14. The molecule has 1 heterocycles. The maximum absolute atomic E-state index is 12.5. The quantitative estimate of drug-likeness (QED) is 0.665. The third-order valence-corrected chi connectivity index (χ3v) is 3.80. The molecule has 0 unspecified atom stereocenters. The molecule has 0 aliphatic rings. The van der Waals surface area contributed by atoms with Crippen LogP contribution < -0.4 is 15.8 Å². The van der Waals surface area contributed by atoms with Gasteiger partial charge in [0.1, 0.15) is 18.6 Å². The highest BCUT2D eigenvalue weighted by atomic mass is 35.5. The van der Waals surface area contributed by atoms with E-state index in [4.69, 9.17) is 26.5 Å². The fourth-order valence-corrected chi connectivity index (χ4v) is 2.51. The standard InChI is InChI=1S/C19H18ClN3O3/c20-14-6-7-17(25-9-8-21)16(10-14)18(24)22-11-15-12-26-19(23-15)13-4-2-1-3-5-13/h1-7,10,12H,8-9,11,21H2,(H,22,24). The molecular formula is C19H18ClN3O3. The Morgan fingerprint density at radius 1 is 1.23 bits per heavy atom. The lowest BCUT2D eigenvalue weighted by Crippen LogP contribution is -2.24. The number of carbonyl (C=O) groups excluding carboxylic acids is 1. The zero-order valence-corrected chi connectivity index (χ0v) is 14.7. The van der Waals surface area contributed by atoms with Gasteiger partial charge >= 0.3 is 0 Å². The number of nitrogens with two attached hydrogens (primary N) is 1. The highest BCUT2D eigenvalue weighted by molar-refractivity contribution is 6.31. The summed E-state index contributed by atoms with van der Waals surface area (Å²) in [5.41, 5.74) is 7.28. The molecule has 3 rings (SSSR count). The van der Waals surface area contributed by atoms with Crippen LogP contribution in [0.2, 0.25) is 5.02 Å². The molecule has 26 heavy (non-hydrogen) atoms. The van der Waals surface area contributed by atoms with Crippen LogP contribution in [0.25, 0.3) is 11.5 Å². The largest absolute Gasteiger partial charge is 0.491 e. The Morgan fingerprint density at radius 3 is 2.81 bits per heavy atom. The van der Waals surface area contributed by atoms with E-state index in [1.54, 1.807) is 18.2 Å². The van der Waals surface area contributed by atoms with Crippen LogP contribution in [0.1, 0.15) is 16.1 Å². The van der Waals surface area contributed by atoms with Crippen LogP contribution in [0.3, 0.4) is 0 Å². The second kappa shape index (κ2) is 8.51. The van der Waals surface area contributed by atoms with E-state index >= 15 is 0 Å². The maximum Gasteiger partial charge on any atom is 0.255 e. The predicted molar refractivity (Wildman–Crippen MR) is 99.1 cm³/mol. The van der Waals surface area contributed by atoms with E-state index in [0.717, 1.165) is 5.56 Å². The van der Waals surface area contributed by atoms with Crippen molar-refractivity contribution in [2.24, 2.45) is 5.73 Å². The number of rotatable bonds is 7. The summed E-state index contributed by atoms with van der Waals surface area (Å²) in [7, 11) is 0. The summed E-state index contributed by atoms with van der Waals surface area (Å²) < 4.78 is 11.0. The van der Waals surface area contributed by atoms with E-state index in [1.807, 2.05) is 30.3 Å². The molecule has 0 spiro atoms. The van der Waals surface area contributed by atoms with Crippen LogP contribution in [0.5, 0.6) is 5.75 Å². The third-order valence-electron chi connectivity index (χ3n) is 3.56. The summed E-state index contributed by atoms with van der Waals surface area (Å²) in [5.74, 6) is 0.621. The van der Waals surface area contributed by atoms with Crippen molar-refractivity contribution in [1.82, 2.24) is 10.3 Å². The van der Waals surface area contributed by atoms with Gasteiger partial charge in [0.25, 0.3) is 5.91 Å². The first-order valence-corrected chi connectivity index (χ1v) is 8.45. The van der Waals surface area contributed by atoms with E-state index in [2.05, 4.69) is 10.3 Å². The first kappa shape index (κ1) is 18.0. The molecule has 0 aliphatic heterocycles. The molecule has 6 nitrogen and oxygen atoms in total. The summed E-state index contributed by atoms with van der Waals surface area (Å²) in [5, 5.41) is 3.24. The lowest BCUT2D eigenvalue weighted by Gasteiger charge is -2.11. The number of hydrogen-bond donors (Lipinski definition) is 2. The average Bonchev–Trinajstić information content (AvgIpc) is 3.15. The normalized spacial score (nSPS) is 10.5. The van der Waals surface area contributed by atoms with Gasteiger partial charge in [0.2, 0.25) is 5.89 Å². The first-order chi connectivity index (χ1) is 12.7. The van der Waals surface area contributed by atoms with Gasteiger partial charge in [0.15, 0.2) is 0 Å². The summed E-state index contributed by atoms with van der Waals surface area (Å²) in [6.07, 6.45) is 1.52. The minimum atomic E-state index is -0.316. The van der Waals surface area contributed by atoms with Gasteiger partial charge in [0.05, 0.1) is 17.8 Å². The summed E-state index contributed by atoms with van der Waals surface area (Å²) >= 11 is 6.00. The number of nitrogens with one attached hydrogen (secondary N) is 1. The summed E-state index contributed by atoms with van der Waals surface area (Å²) in [6, 6.07) is 14.4. The summed E-state index contributed by atoms with van der Waals surface area (Å²) in [6.45, 7) is 0.883. The molecule has 7 heteroatoms. The number of carbonyl (C=O) groups is 1. The van der Waals surface area contributed by atoms with E-state index in [0.29, 0.717) is 41.1 Å². The molecule has 3 N–H and O–H groups in total. The Hall–Kier alpha value is -2.83. The van der Waals surface area contributed by atoms with E-state index < -0.39 is 0 Å². The van der Waals surface area contributed by atoms with Crippen LogP contribution in [-0.4, -0.2) is 24.0 Å². The molecule has 1 aromatic heterocycles. The Bertz CT molecular complexity index is 881. The zero-order valence-electron chi connectivity index (χ0n) is 13.9. The van der Waals surface area contributed by atoms with Gasteiger partial charge in [0, 0.05) is 17.1 Å². The lowest BCUT2D eigenvalue weighted by molar-refractivity contribution is 0.0946. The molecule has 0 bridgehead atoms. The molecular weight excluding hydrogens is 354 g/mol. The van der Waals surface area contributed by atoms with Crippen molar-refractivity contribution in [1.29, 1.82) is 0 Å². The molecule has 3 aromatic rings. The van der Waals surface area contributed by atoms with Crippen LogP contribution in [0, 0.1) is 0 Å². The zero-order chi connectivity index (χ0) is 18.4. The van der Waals surface area contributed by atoms with Crippen molar-refractivity contribution in [3.05, 3.63) is 71.1 Å². The fourth-order valence-electron chi connectivity index (χ4n) is 2.34. The number of aromatic nitrogens is 1. The number of nitrogens with zero attached hydrogens (tertiary/aromatic N) is 1. The van der Waals surface area contributed by atoms with Crippen LogP contribution in [-0.2, 0) is 6.54 Å². The van der Waals surface area contributed by atoms with Gasteiger partial charge in [-0.05, 0) is 30.3 Å². The van der Waals surface area contributed by atoms with Crippen molar-refractivity contribution in [3.63, 3.8) is 0 Å². The van der Waals surface area contributed by atoms with Crippen molar-refractivity contribution < 1.29 is 13.9 Å². The Kier molecular flexibility index (Phi) is 5.88. The lowest BCUT2D eigenvalue weighted by atomic mass is 10.2. The predicted octanol–water partition coefficient (Wildman–Crippen LogP) is 3.26. The van der Waals surface area contributed by atoms with E-state index in [-0.39, 0.29) is 12.5 Å². The summed E-state index contributed by atoms with van der Waals surface area (Å²) in [4.78, 5) is 16.9. The van der Waals surface area contributed by atoms with Crippen LogP contribution in [0.15, 0.2) is 59.2 Å². The first-order valence-electron chi connectivity index (χ1n) is 8.08. The number of amides is 1. The second-order valence-electron chi connectivity index (χ2n) is 5.47.